The highest BCUT2D eigenvalue weighted by atomic mass is 14.5. The van der Waals surface area contributed by atoms with Crippen molar-refractivity contribution in [2.45, 2.75) is 52.4 Å². The van der Waals surface area contributed by atoms with E-state index in [4.69, 9.17) is 5.73 Å². The number of allylic oxidation sites excluding steroid dienone is 3. The molecule has 1 aromatic carbocycles. The van der Waals surface area contributed by atoms with Crippen LogP contribution in [0.25, 0.3) is 6.08 Å². The van der Waals surface area contributed by atoms with E-state index >= 15 is 0 Å². The van der Waals surface area contributed by atoms with Crippen molar-refractivity contribution in [3.8, 4) is 0 Å². The third kappa shape index (κ3) is 3.50. The largest absolute Gasteiger partial charge is 0.399 e. The zero-order chi connectivity index (χ0) is 13.7. The number of hydrogen-bond acceptors (Lipinski definition) is 1. The Labute approximate surface area is 117 Å². The van der Waals surface area contributed by atoms with Crippen LogP contribution in [0.3, 0.4) is 0 Å². The van der Waals surface area contributed by atoms with Gasteiger partial charge < -0.3 is 5.73 Å². The predicted molar refractivity (Wildman–Crippen MR) is 85.1 cm³/mol. The van der Waals surface area contributed by atoms with Gasteiger partial charge in [0.05, 0.1) is 0 Å². The summed E-state index contributed by atoms with van der Waals surface area (Å²) < 4.78 is 0. The Hall–Kier alpha value is -1.50. The Morgan fingerprint density at radius 1 is 1.26 bits per heavy atom. The van der Waals surface area contributed by atoms with Crippen LogP contribution in [0.5, 0.6) is 0 Å². The summed E-state index contributed by atoms with van der Waals surface area (Å²) in [5, 5.41) is 0. The van der Waals surface area contributed by atoms with Crippen LogP contribution in [-0.4, -0.2) is 0 Å². The van der Waals surface area contributed by atoms with Crippen molar-refractivity contribution in [1.29, 1.82) is 0 Å². The average molecular weight is 255 g/mol. The van der Waals surface area contributed by atoms with Gasteiger partial charge in [-0.1, -0.05) is 38.5 Å². The molecule has 0 aromatic heterocycles. The molecular formula is C18H25N. The fourth-order valence-electron chi connectivity index (χ4n) is 2.87. The maximum Gasteiger partial charge on any atom is 0.0317 e. The molecule has 0 heterocycles. The lowest BCUT2D eigenvalue weighted by atomic mass is 9.96. The zero-order valence-electron chi connectivity index (χ0n) is 12.2. The van der Waals surface area contributed by atoms with Gasteiger partial charge in [0.25, 0.3) is 0 Å². The smallest absolute Gasteiger partial charge is 0.0317 e. The van der Waals surface area contributed by atoms with E-state index in [1.54, 1.807) is 5.57 Å². The van der Waals surface area contributed by atoms with Gasteiger partial charge in [0.15, 0.2) is 0 Å². The molecule has 1 aliphatic rings. The van der Waals surface area contributed by atoms with E-state index in [1.165, 1.54) is 42.4 Å². The molecule has 0 saturated heterocycles. The fourth-order valence-corrected chi connectivity index (χ4v) is 2.87. The van der Waals surface area contributed by atoms with E-state index in [0.717, 1.165) is 18.5 Å². The Balaban J connectivity index is 2.36. The third-order valence-corrected chi connectivity index (χ3v) is 3.77. The Morgan fingerprint density at radius 3 is 2.84 bits per heavy atom. The monoisotopic (exact) mass is 255 g/mol. The quantitative estimate of drug-likeness (QED) is 0.742. The van der Waals surface area contributed by atoms with E-state index in [0.29, 0.717) is 0 Å². The molecule has 19 heavy (non-hydrogen) atoms. The molecule has 0 saturated carbocycles. The summed E-state index contributed by atoms with van der Waals surface area (Å²) in [7, 11) is 0. The van der Waals surface area contributed by atoms with Crippen molar-refractivity contribution in [2.24, 2.45) is 0 Å². The summed E-state index contributed by atoms with van der Waals surface area (Å²) in [5.41, 5.74) is 12.6. The van der Waals surface area contributed by atoms with Gasteiger partial charge in [-0.25, -0.2) is 0 Å². The Bertz CT molecular complexity index is 494. The highest BCUT2D eigenvalue weighted by Gasteiger charge is 2.11. The fraction of sp³-hybridized carbons (Fsp3) is 0.444. The molecule has 2 N–H and O–H groups in total. The van der Waals surface area contributed by atoms with Gasteiger partial charge in [0.2, 0.25) is 0 Å². The van der Waals surface area contributed by atoms with Gasteiger partial charge in [-0.05, 0) is 66.5 Å². The molecule has 0 amide bonds. The van der Waals surface area contributed by atoms with Crippen molar-refractivity contribution in [3.63, 3.8) is 0 Å². The molecular weight excluding hydrogens is 230 g/mol. The molecule has 0 fully saturated rings. The van der Waals surface area contributed by atoms with E-state index in [9.17, 15) is 0 Å². The van der Waals surface area contributed by atoms with Crippen molar-refractivity contribution in [1.82, 2.24) is 0 Å². The maximum atomic E-state index is 5.89. The summed E-state index contributed by atoms with van der Waals surface area (Å²) >= 11 is 0. The standard InChI is InChI=1S/C18H25N/c1-3-6-14(7-4-2)15-8-5-9-16-13-18(19)11-10-17(16)12-15/h6,10-13H,3-5,7-9,19H2,1-2H3/b14-6+. The van der Waals surface area contributed by atoms with Crippen LogP contribution in [-0.2, 0) is 6.42 Å². The molecule has 1 nitrogen and oxygen atoms in total. The number of fused-ring (bicyclic) bond motifs is 1. The SMILES string of the molecule is CC/C=C(\CCC)C1=Cc2ccc(N)cc2CCC1. The first-order valence-corrected chi connectivity index (χ1v) is 7.53. The molecule has 102 valence electrons. The second kappa shape index (κ2) is 6.60. The molecule has 0 atom stereocenters. The van der Waals surface area contributed by atoms with Crippen molar-refractivity contribution >= 4 is 11.8 Å². The lowest BCUT2D eigenvalue weighted by molar-refractivity contribution is 0.805. The minimum Gasteiger partial charge on any atom is -0.399 e. The predicted octanol–water partition coefficient (Wildman–Crippen LogP) is 5.13. The molecule has 0 radical (unpaired) electrons. The third-order valence-electron chi connectivity index (χ3n) is 3.77. The van der Waals surface area contributed by atoms with Crippen molar-refractivity contribution in [2.75, 3.05) is 5.73 Å². The second-order valence-electron chi connectivity index (χ2n) is 5.37. The summed E-state index contributed by atoms with van der Waals surface area (Å²) in [6.07, 6.45) is 11.9. The number of aryl methyl sites for hydroxylation is 1. The highest BCUT2D eigenvalue weighted by molar-refractivity contribution is 5.64. The van der Waals surface area contributed by atoms with Crippen molar-refractivity contribution in [3.05, 3.63) is 46.5 Å². The van der Waals surface area contributed by atoms with Crippen LogP contribution >= 0.6 is 0 Å². The Morgan fingerprint density at radius 2 is 2.11 bits per heavy atom. The molecule has 2 rings (SSSR count). The first-order chi connectivity index (χ1) is 9.24. The van der Waals surface area contributed by atoms with Crippen LogP contribution in [0.4, 0.5) is 5.69 Å². The topological polar surface area (TPSA) is 26.0 Å². The first kappa shape index (κ1) is 13.9. The average Bonchev–Trinajstić information content (AvgIpc) is 2.60. The van der Waals surface area contributed by atoms with Gasteiger partial charge in [-0.2, -0.15) is 0 Å². The van der Waals surface area contributed by atoms with Gasteiger partial charge >= 0.3 is 0 Å². The molecule has 0 unspecified atom stereocenters. The zero-order valence-corrected chi connectivity index (χ0v) is 12.2. The second-order valence-corrected chi connectivity index (χ2v) is 5.37. The molecule has 1 aromatic rings. The van der Waals surface area contributed by atoms with Gasteiger partial charge in [0, 0.05) is 5.69 Å². The molecule has 0 spiro atoms. The van der Waals surface area contributed by atoms with Crippen LogP contribution in [0.15, 0.2) is 35.4 Å². The van der Waals surface area contributed by atoms with E-state index in [-0.39, 0.29) is 0 Å². The number of rotatable bonds is 4. The summed E-state index contributed by atoms with van der Waals surface area (Å²) in [6.45, 7) is 4.48. The van der Waals surface area contributed by atoms with E-state index in [1.807, 2.05) is 6.07 Å². The Kier molecular flexibility index (Phi) is 4.84. The first-order valence-electron chi connectivity index (χ1n) is 7.53. The summed E-state index contributed by atoms with van der Waals surface area (Å²) in [4.78, 5) is 0. The number of nitrogen functional groups attached to an aromatic ring is 1. The maximum absolute atomic E-state index is 5.89. The minimum atomic E-state index is 0.883. The number of anilines is 1. The number of benzene rings is 1. The summed E-state index contributed by atoms with van der Waals surface area (Å²) in [5.74, 6) is 0. The van der Waals surface area contributed by atoms with Crippen LogP contribution < -0.4 is 5.73 Å². The van der Waals surface area contributed by atoms with Crippen LogP contribution in [0.2, 0.25) is 0 Å². The number of hydrogen-bond donors (Lipinski definition) is 1. The molecule has 1 heteroatoms. The van der Waals surface area contributed by atoms with Crippen molar-refractivity contribution < 1.29 is 0 Å². The minimum absolute atomic E-state index is 0.883. The van der Waals surface area contributed by atoms with Crippen LogP contribution in [0, 0.1) is 0 Å². The molecule has 0 aliphatic heterocycles. The lowest BCUT2D eigenvalue weighted by Crippen LogP contribution is -1.91. The number of nitrogens with two attached hydrogens (primary N) is 1. The van der Waals surface area contributed by atoms with E-state index in [2.05, 4.69) is 38.1 Å². The summed E-state index contributed by atoms with van der Waals surface area (Å²) in [6, 6.07) is 6.32. The highest BCUT2D eigenvalue weighted by Crippen LogP contribution is 2.30. The van der Waals surface area contributed by atoms with Crippen LogP contribution in [0.1, 0.15) is 57.1 Å². The molecule has 1 aliphatic carbocycles. The molecule has 0 bridgehead atoms. The van der Waals surface area contributed by atoms with Gasteiger partial charge in [0.1, 0.15) is 0 Å². The normalized spacial score (nSPS) is 15.7. The van der Waals surface area contributed by atoms with Gasteiger partial charge in [-0.15, -0.1) is 0 Å². The lowest BCUT2D eigenvalue weighted by Gasteiger charge is -2.10. The van der Waals surface area contributed by atoms with E-state index < -0.39 is 0 Å². The van der Waals surface area contributed by atoms with Gasteiger partial charge in [-0.3, -0.25) is 0 Å².